The summed E-state index contributed by atoms with van der Waals surface area (Å²) in [5, 5.41) is 0. The molecule has 0 radical (unpaired) electrons. The SMILES string of the molecule is CCC(C)(C(F)(F)F)C(F)(F)F.CCC(C)F.CCC(F)(F)C(C)(F)C(F)(F)C(C)F.CCC(F)(F)F. The fraction of sp³-hybridized carbons (Fsp3) is 1.00. The van der Waals surface area contributed by atoms with Gasteiger partial charge >= 0.3 is 24.5 Å². The van der Waals surface area contributed by atoms with Gasteiger partial charge in [-0.05, 0) is 40.5 Å². The van der Waals surface area contributed by atoms with E-state index in [0.29, 0.717) is 13.3 Å². The van der Waals surface area contributed by atoms with Crippen molar-refractivity contribution in [2.75, 3.05) is 0 Å². The highest BCUT2D eigenvalue weighted by Gasteiger charge is 2.68. The molecule has 16 heteroatoms. The minimum atomic E-state index is -5.24. The van der Waals surface area contributed by atoms with Gasteiger partial charge in [0.05, 0.1) is 6.17 Å². The third kappa shape index (κ3) is 14.0. The number of alkyl halides is 16. The summed E-state index contributed by atoms with van der Waals surface area (Å²) in [4.78, 5) is 0. The summed E-state index contributed by atoms with van der Waals surface area (Å²) < 4.78 is 192. The Hall–Kier alpha value is -1.12. The zero-order chi connectivity index (χ0) is 31.5. The Morgan fingerprint density at radius 1 is 0.541 bits per heavy atom. The first kappa shape index (κ1) is 43.0. The van der Waals surface area contributed by atoms with E-state index in [2.05, 4.69) is 0 Å². The van der Waals surface area contributed by atoms with Gasteiger partial charge in [0, 0.05) is 12.8 Å². The molecule has 0 saturated heterocycles. The van der Waals surface area contributed by atoms with Gasteiger partial charge in [-0.25, -0.2) is 22.0 Å². The van der Waals surface area contributed by atoms with Crippen molar-refractivity contribution < 1.29 is 70.2 Å². The molecule has 0 aromatic heterocycles. The molecular formula is C21H34F16. The molecule has 0 aliphatic heterocycles. The Labute approximate surface area is 206 Å². The maximum atomic E-state index is 13.2. The topological polar surface area (TPSA) is 0 Å². The van der Waals surface area contributed by atoms with E-state index in [-0.39, 0.29) is 13.8 Å². The zero-order valence-corrected chi connectivity index (χ0v) is 21.5. The average molecular weight is 590 g/mol. The zero-order valence-electron chi connectivity index (χ0n) is 21.5. The summed E-state index contributed by atoms with van der Waals surface area (Å²) in [5.74, 6) is -8.95. The van der Waals surface area contributed by atoms with Crippen LogP contribution < -0.4 is 0 Å². The predicted molar refractivity (Wildman–Crippen MR) is 108 cm³/mol. The standard InChI is InChI=1S/C8H12F6.C6H8F6.C4H9F.C3H5F3/c1-4-7(11,12)6(3,10)8(13,14)5(2)9;1-3-4(2,5(7,8)9)6(10,11)12;1-3-4(2)5;1-2-3(4,5)6/h5H,4H2,1-3H3;3H2,1-2H3;4H,3H2,1-2H3;2H2,1H3. The van der Waals surface area contributed by atoms with E-state index in [1.807, 2.05) is 6.92 Å². The minimum absolute atomic E-state index is 0.0204. The molecule has 3 atom stereocenters. The van der Waals surface area contributed by atoms with E-state index in [1.54, 1.807) is 6.92 Å². The van der Waals surface area contributed by atoms with E-state index in [1.165, 1.54) is 0 Å². The summed E-state index contributed by atoms with van der Waals surface area (Å²) in [6, 6.07) is 0. The molecule has 0 fully saturated rings. The Bertz CT molecular complexity index is 569. The minimum Gasteiger partial charge on any atom is -0.248 e. The van der Waals surface area contributed by atoms with Crippen LogP contribution in [0.1, 0.15) is 81.1 Å². The second-order valence-corrected chi connectivity index (χ2v) is 8.14. The molecule has 3 unspecified atom stereocenters. The summed E-state index contributed by atoms with van der Waals surface area (Å²) in [6.45, 7) is 6.71. The van der Waals surface area contributed by atoms with Gasteiger partial charge in [-0.3, -0.25) is 0 Å². The van der Waals surface area contributed by atoms with E-state index < -0.39 is 73.1 Å². The lowest BCUT2D eigenvalue weighted by molar-refractivity contribution is -0.335. The van der Waals surface area contributed by atoms with Gasteiger partial charge in [0.15, 0.2) is 11.6 Å². The number of hydrogen-bond donors (Lipinski definition) is 0. The van der Waals surface area contributed by atoms with Crippen LogP contribution in [0.5, 0.6) is 0 Å². The maximum Gasteiger partial charge on any atom is 0.402 e. The Morgan fingerprint density at radius 2 is 0.811 bits per heavy atom. The maximum absolute atomic E-state index is 13.2. The largest absolute Gasteiger partial charge is 0.402 e. The number of halogens is 16. The molecule has 0 saturated carbocycles. The van der Waals surface area contributed by atoms with Crippen molar-refractivity contribution in [2.24, 2.45) is 5.41 Å². The van der Waals surface area contributed by atoms with Crippen LogP contribution in [0.3, 0.4) is 0 Å². The van der Waals surface area contributed by atoms with E-state index in [0.717, 1.165) is 20.8 Å². The van der Waals surface area contributed by atoms with Gasteiger partial charge in [0.25, 0.3) is 5.92 Å². The first-order valence-electron chi connectivity index (χ1n) is 10.8. The summed E-state index contributed by atoms with van der Waals surface area (Å²) in [5.41, 5.74) is -7.76. The van der Waals surface area contributed by atoms with Crippen LogP contribution >= 0.6 is 0 Å². The highest BCUT2D eigenvalue weighted by atomic mass is 19.4. The summed E-state index contributed by atoms with van der Waals surface area (Å²) in [7, 11) is 0. The molecule has 0 spiro atoms. The monoisotopic (exact) mass is 590 g/mol. The first-order valence-corrected chi connectivity index (χ1v) is 10.8. The van der Waals surface area contributed by atoms with Crippen molar-refractivity contribution in [1.82, 2.24) is 0 Å². The van der Waals surface area contributed by atoms with Crippen LogP contribution in [0, 0.1) is 5.41 Å². The smallest absolute Gasteiger partial charge is 0.248 e. The molecule has 230 valence electrons. The molecule has 0 aromatic rings. The Morgan fingerprint density at radius 3 is 0.892 bits per heavy atom. The van der Waals surface area contributed by atoms with Gasteiger partial charge in [0.1, 0.15) is 0 Å². The summed E-state index contributed by atoms with van der Waals surface area (Å²) >= 11 is 0. The summed E-state index contributed by atoms with van der Waals surface area (Å²) in [6.07, 6.45) is -20.2. The lowest BCUT2D eigenvalue weighted by atomic mass is 9.86. The van der Waals surface area contributed by atoms with Crippen molar-refractivity contribution in [3.63, 3.8) is 0 Å². The van der Waals surface area contributed by atoms with Crippen LogP contribution in [0.15, 0.2) is 0 Å². The van der Waals surface area contributed by atoms with Crippen molar-refractivity contribution in [3.8, 4) is 0 Å². The average Bonchev–Trinajstić information content (AvgIpc) is 2.71. The molecule has 0 bridgehead atoms. The molecular weight excluding hydrogens is 556 g/mol. The molecule has 0 aliphatic rings. The molecule has 0 aliphatic carbocycles. The highest BCUT2D eigenvalue weighted by molar-refractivity contribution is 5.02. The van der Waals surface area contributed by atoms with Gasteiger partial charge in [-0.1, -0.05) is 27.7 Å². The van der Waals surface area contributed by atoms with Crippen molar-refractivity contribution in [3.05, 3.63) is 0 Å². The van der Waals surface area contributed by atoms with E-state index >= 15 is 0 Å². The van der Waals surface area contributed by atoms with E-state index in [9.17, 15) is 70.2 Å². The lowest BCUT2D eigenvalue weighted by Gasteiger charge is -2.36. The molecule has 0 aromatic carbocycles. The van der Waals surface area contributed by atoms with Crippen LogP contribution in [-0.2, 0) is 0 Å². The molecule has 0 amide bonds. The normalized spacial score (nSPS) is 16.5. The van der Waals surface area contributed by atoms with Crippen molar-refractivity contribution in [1.29, 1.82) is 0 Å². The quantitative estimate of drug-likeness (QED) is 0.270. The molecule has 0 heterocycles. The number of rotatable bonds is 6. The molecule has 37 heavy (non-hydrogen) atoms. The second-order valence-electron chi connectivity index (χ2n) is 8.14. The number of hydrogen-bond acceptors (Lipinski definition) is 0. The fourth-order valence-electron chi connectivity index (χ4n) is 1.51. The van der Waals surface area contributed by atoms with Crippen LogP contribution in [0.4, 0.5) is 70.2 Å². The Balaban J connectivity index is -0.000000213. The highest BCUT2D eigenvalue weighted by Crippen LogP contribution is 2.52. The molecule has 0 nitrogen and oxygen atoms in total. The van der Waals surface area contributed by atoms with Gasteiger partial charge in [-0.15, -0.1) is 0 Å². The first-order chi connectivity index (χ1) is 15.9. The molecule has 0 rings (SSSR count). The predicted octanol–water partition coefficient (Wildman–Crippen LogP) is 11.0. The third-order valence-electron chi connectivity index (χ3n) is 5.18. The fourth-order valence-corrected chi connectivity index (χ4v) is 1.51. The van der Waals surface area contributed by atoms with E-state index in [4.69, 9.17) is 0 Å². The second kappa shape index (κ2) is 15.5. The van der Waals surface area contributed by atoms with Crippen molar-refractivity contribution >= 4 is 0 Å². The van der Waals surface area contributed by atoms with Crippen LogP contribution in [0.2, 0.25) is 0 Å². The lowest BCUT2D eigenvalue weighted by Crippen LogP contribution is -2.58. The van der Waals surface area contributed by atoms with Crippen LogP contribution in [0.25, 0.3) is 0 Å². The third-order valence-corrected chi connectivity index (χ3v) is 5.18. The van der Waals surface area contributed by atoms with Crippen molar-refractivity contribution in [2.45, 2.75) is 129 Å². The molecule has 0 N–H and O–H groups in total. The van der Waals surface area contributed by atoms with Gasteiger partial charge in [-0.2, -0.15) is 48.3 Å². The van der Waals surface area contributed by atoms with Gasteiger partial charge in [0.2, 0.25) is 5.67 Å². The van der Waals surface area contributed by atoms with Gasteiger partial charge < -0.3 is 0 Å². The Kier molecular flexibility index (Phi) is 18.0. The van der Waals surface area contributed by atoms with Crippen LogP contribution in [-0.4, -0.2) is 48.4 Å².